The van der Waals surface area contributed by atoms with Gasteiger partial charge in [0, 0.05) is 94.8 Å². The minimum absolute atomic E-state index is 0.230. The van der Waals surface area contributed by atoms with Crippen molar-refractivity contribution in [2.24, 2.45) is 0 Å². The highest BCUT2D eigenvalue weighted by molar-refractivity contribution is 5.75. The van der Waals surface area contributed by atoms with Gasteiger partial charge in [0.25, 0.3) is 0 Å². The van der Waals surface area contributed by atoms with E-state index in [0.29, 0.717) is 5.56 Å². The minimum Gasteiger partial charge on any atom is -0.395 e. The molecule has 0 radical (unpaired) electrons. The third-order valence-electron chi connectivity index (χ3n) is 7.40. The Morgan fingerprint density at radius 1 is 0.575 bits per heavy atom. The second-order valence-electron chi connectivity index (χ2n) is 10.0. The van der Waals surface area contributed by atoms with E-state index in [0.717, 1.165) is 77.3 Å². The van der Waals surface area contributed by atoms with E-state index in [1.807, 2.05) is 36.4 Å². The summed E-state index contributed by atoms with van der Waals surface area (Å²) in [5.41, 5.74) is 5.51. The molecule has 2 saturated heterocycles. The number of nitrogens with zero attached hydrogens (tertiary/aromatic N) is 5. The number of aldehydes is 1. The van der Waals surface area contributed by atoms with Crippen LogP contribution in [0.5, 0.6) is 0 Å². The van der Waals surface area contributed by atoms with E-state index in [1.54, 1.807) is 12.4 Å². The maximum absolute atomic E-state index is 10.6. The second kappa shape index (κ2) is 15.9. The van der Waals surface area contributed by atoms with Crippen molar-refractivity contribution >= 4 is 29.8 Å². The number of aliphatic hydroxyl groups is 2. The van der Waals surface area contributed by atoms with Gasteiger partial charge in [0.1, 0.15) is 6.29 Å². The number of hydrogen-bond donors (Lipinski definition) is 2. The van der Waals surface area contributed by atoms with Gasteiger partial charge in [-0.05, 0) is 59.7 Å². The molecular formula is C32H41N5O3. The lowest BCUT2D eigenvalue weighted by molar-refractivity contribution is 0.112. The molecular weight excluding hydrogens is 502 g/mol. The monoisotopic (exact) mass is 543 g/mol. The average molecular weight is 544 g/mol. The Labute approximate surface area is 237 Å². The van der Waals surface area contributed by atoms with Crippen LogP contribution in [0.1, 0.15) is 21.5 Å². The fourth-order valence-corrected chi connectivity index (χ4v) is 4.97. The summed E-state index contributed by atoms with van der Waals surface area (Å²) < 4.78 is 0. The number of anilines is 2. The molecule has 5 rings (SSSR count). The first-order valence-electron chi connectivity index (χ1n) is 14.1. The minimum atomic E-state index is 0.230. The maximum atomic E-state index is 10.6. The van der Waals surface area contributed by atoms with E-state index in [1.165, 1.54) is 16.9 Å². The summed E-state index contributed by atoms with van der Waals surface area (Å²) in [4.78, 5) is 23.9. The fraction of sp³-hybridized carbons (Fsp3) is 0.375. The van der Waals surface area contributed by atoms with Gasteiger partial charge >= 0.3 is 0 Å². The van der Waals surface area contributed by atoms with Crippen molar-refractivity contribution in [1.82, 2.24) is 14.8 Å². The average Bonchev–Trinajstić information content (AvgIpc) is 3.02. The van der Waals surface area contributed by atoms with Gasteiger partial charge in [0.15, 0.2) is 0 Å². The molecule has 212 valence electrons. The molecule has 2 aromatic carbocycles. The molecule has 0 spiro atoms. The number of hydrogen-bond acceptors (Lipinski definition) is 8. The highest BCUT2D eigenvalue weighted by Crippen LogP contribution is 2.19. The quantitative estimate of drug-likeness (QED) is 0.399. The van der Waals surface area contributed by atoms with Gasteiger partial charge in [-0.3, -0.25) is 19.6 Å². The van der Waals surface area contributed by atoms with Crippen molar-refractivity contribution in [3.05, 3.63) is 89.7 Å². The number of piperazine rings is 2. The molecule has 8 nitrogen and oxygen atoms in total. The summed E-state index contributed by atoms with van der Waals surface area (Å²) in [6.07, 6.45) is 8.70. The van der Waals surface area contributed by atoms with Crippen LogP contribution in [-0.2, 0) is 0 Å². The summed E-state index contributed by atoms with van der Waals surface area (Å²) in [7, 11) is 0. The van der Waals surface area contributed by atoms with Crippen LogP contribution in [0.15, 0.2) is 73.1 Å². The highest BCUT2D eigenvalue weighted by atomic mass is 16.3. The number of pyridine rings is 1. The predicted octanol–water partition coefficient (Wildman–Crippen LogP) is 2.98. The topological polar surface area (TPSA) is 83.4 Å². The SMILES string of the molecule is O=Cc1ccc(N2CCN(CCO)CC2)cc1.OCCN1CCN(c2ccc(/C=C/c3ccncc3)cc2)CC1. The normalized spacial score (nSPS) is 16.6. The summed E-state index contributed by atoms with van der Waals surface area (Å²) in [6, 6.07) is 20.4. The standard InChI is InChI=1S/C19H23N3O.C13H18N2O2/c23-16-15-21-11-13-22(14-12-21)19-5-3-17(4-6-19)1-2-18-7-9-20-10-8-18;16-10-9-14-5-7-15(8-6-14)13-3-1-12(11-17)2-4-13/h1-10,23H,11-16H2;1-4,11,16H,5-10H2/b2-1+;. The second-order valence-corrected chi connectivity index (χ2v) is 10.0. The van der Waals surface area contributed by atoms with Crippen LogP contribution in [0.25, 0.3) is 12.2 Å². The predicted molar refractivity (Wildman–Crippen MR) is 163 cm³/mol. The Balaban J connectivity index is 0.000000194. The third-order valence-corrected chi connectivity index (χ3v) is 7.40. The molecule has 40 heavy (non-hydrogen) atoms. The first kappa shape index (κ1) is 29.4. The maximum Gasteiger partial charge on any atom is 0.150 e. The Morgan fingerprint density at radius 3 is 1.38 bits per heavy atom. The van der Waals surface area contributed by atoms with Gasteiger partial charge in [0.05, 0.1) is 13.2 Å². The Bertz CT molecular complexity index is 1160. The third kappa shape index (κ3) is 8.99. The van der Waals surface area contributed by atoms with E-state index >= 15 is 0 Å². The van der Waals surface area contributed by atoms with Crippen molar-refractivity contribution in [3.63, 3.8) is 0 Å². The summed E-state index contributed by atoms with van der Waals surface area (Å²) in [6.45, 7) is 10.0. The Kier molecular flexibility index (Phi) is 11.7. The molecule has 0 aliphatic carbocycles. The van der Waals surface area contributed by atoms with Gasteiger partial charge in [-0.25, -0.2) is 0 Å². The van der Waals surface area contributed by atoms with Crippen molar-refractivity contribution in [2.45, 2.75) is 0 Å². The number of β-amino-alcohol motifs (C(OH)–C–C–N with tert-alkyl or cyclic N) is 2. The van der Waals surface area contributed by atoms with E-state index in [2.05, 4.69) is 61.0 Å². The molecule has 2 aliphatic rings. The van der Waals surface area contributed by atoms with Gasteiger partial charge in [0.2, 0.25) is 0 Å². The largest absolute Gasteiger partial charge is 0.395 e. The molecule has 0 bridgehead atoms. The van der Waals surface area contributed by atoms with Gasteiger partial charge in [-0.2, -0.15) is 0 Å². The first-order chi connectivity index (χ1) is 19.7. The zero-order chi connectivity index (χ0) is 28.0. The van der Waals surface area contributed by atoms with E-state index < -0.39 is 0 Å². The molecule has 8 heteroatoms. The molecule has 1 aromatic heterocycles. The number of carbonyl (C=O) groups is 1. The molecule has 3 aromatic rings. The van der Waals surface area contributed by atoms with Crippen molar-refractivity contribution in [3.8, 4) is 0 Å². The Hall–Kier alpha value is -3.56. The lowest BCUT2D eigenvalue weighted by atomic mass is 10.1. The fourth-order valence-electron chi connectivity index (χ4n) is 4.97. The van der Waals surface area contributed by atoms with Crippen molar-refractivity contribution in [2.75, 3.05) is 88.5 Å². The molecule has 0 unspecified atom stereocenters. The highest BCUT2D eigenvalue weighted by Gasteiger charge is 2.17. The van der Waals surface area contributed by atoms with E-state index in [4.69, 9.17) is 10.2 Å². The van der Waals surface area contributed by atoms with Crippen LogP contribution in [-0.4, -0.2) is 110 Å². The van der Waals surface area contributed by atoms with Crippen LogP contribution >= 0.6 is 0 Å². The van der Waals surface area contributed by atoms with Crippen molar-refractivity contribution < 1.29 is 15.0 Å². The molecule has 2 aliphatic heterocycles. The lowest BCUT2D eigenvalue weighted by Gasteiger charge is -2.35. The van der Waals surface area contributed by atoms with Crippen LogP contribution in [0.3, 0.4) is 0 Å². The molecule has 2 fully saturated rings. The zero-order valence-corrected chi connectivity index (χ0v) is 23.2. The van der Waals surface area contributed by atoms with Crippen molar-refractivity contribution in [1.29, 1.82) is 0 Å². The van der Waals surface area contributed by atoms with Gasteiger partial charge in [-0.15, -0.1) is 0 Å². The molecule has 0 amide bonds. The molecule has 3 heterocycles. The summed E-state index contributed by atoms with van der Waals surface area (Å²) >= 11 is 0. The zero-order valence-electron chi connectivity index (χ0n) is 23.2. The van der Waals surface area contributed by atoms with Gasteiger partial charge in [-0.1, -0.05) is 24.3 Å². The summed E-state index contributed by atoms with van der Waals surface area (Å²) in [5.74, 6) is 0. The lowest BCUT2D eigenvalue weighted by Crippen LogP contribution is -2.47. The molecule has 0 atom stereocenters. The van der Waals surface area contributed by atoms with Crippen LogP contribution in [0.2, 0.25) is 0 Å². The van der Waals surface area contributed by atoms with Gasteiger partial charge < -0.3 is 20.0 Å². The number of benzene rings is 2. The molecule has 0 saturated carbocycles. The number of rotatable bonds is 9. The first-order valence-corrected chi connectivity index (χ1v) is 14.1. The number of aromatic nitrogens is 1. The van der Waals surface area contributed by atoms with E-state index in [-0.39, 0.29) is 13.2 Å². The number of aliphatic hydroxyl groups excluding tert-OH is 2. The summed E-state index contributed by atoms with van der Waals surface area (Å²) in [5, 5.41) is 17.9. The molecule has 2 N–H and O–H groups in total. The number of carbonyl (C=O) groups excluding carboxylic acids is 1. The van der Waals surface area contributed by atoms with Crippen LogP contribution < -0.4 is 9.80 Å². The smallest absolute Gasteiger partial charge is 0.150 e. The van der Waals surface area contributed by atoms with Crippen LogP contribution in [0, 0.1) is 0 Å². The van der Waals surface area contributed by atoms with E-state index in [9.17, 15) is 4.79 Å². The Morgan fingerprint density at radius 2 is 0.975 bits per heavy atom. The van der Waals surface area contributed by atoms with Crippen LogP contribution in [0.4, 0.5) is 11.4 Å².